The number of carbonyl (C=O) groups is 2. The van der Waals surface area contributed by atoms with Gasteiger partial charge >= 0.3 is 18.1 Å². The lowest BCUT2D eigenvalue weighted by Gasteiger charge is -2.15. The molecule has 35 heavy (non-hydrogen) atoms. The Kier molecular flexibility index (Phi) is 7.82. The molecule has 3 heterocycles. The van der Waals surface area contributed by atoms with Crippen molar-refractivity contribution in [2.75, 3.05) is 11.1 Å². The molecule has 15 heteroatoms. The Morgan fingerprint density at radius 1 is 1.20 bits per heavy atom. The van der Waals surface area contributed by atoms with Crippen LogP contribution in [0.15, 0.2) is 36.8 Å². The minimum absolute atomic E-state index is 0.231. The standard InChI is InChI=1S/C18H17FN4O4S.C2HF3O2/c19-11-2-1-9(5-10(11)18(26)27)6-21-16-17-22-7-12(23(17)4-3-20-16)15-14(25)13(24)8-28-15;3-2(4,5)1(6)7/h1-5,7,13-15,24-25H,6,8H2,(H,20,21)(H,26,27);(H,6,7)/t13-,14-,15+;/m1./s1. The van der Waals surface area contributed by atoms with Crippen molar-refractivity contribution in [3.8, 4) is 0 Å². The summed E-state index contributed by atoms with van der Waals surface area (Å²) in [5, 5.41) is 38.9. The lowest BCUT2D eigenvalue weighted by Crippen LogP contribution is -2.25. The Balaban J connectivity index is 0.000000429. The van der Waals surface area contributed by atoms with Gasteiger partial charge in [-0.2, -0.15) is 13.2 Å². The molecule has 1 fully saturated rings. The number of thioether (sulfide) groups is 1. The maximum absolute atomic E-state index is 13.5. The number of fused-ring (bicyclic) bond motifs is 1. The van der Waals surface area contributed by atoms with E-state index in [0.29, 0.717) is 22.8 Å². The molecular weight excluding hydrogens is 500 g/mol. The molecule has 0 aliphatic carbocycles. The molecule has 1 aromatic carbocycles. The molecule has 10 nitrogen and oxygen atoms in total. The molecule has 3 atom stereocenters. The first kappa shape index (κ1) is 26.2. The van der Waals surface area contributed by atoms with E-state index in [-0.39, 0.29) is 17.4 Å². The average Bonchev–Trinajstić information content (AvgIpc) is 3.36. The molecule has 0 radical (unpaired) electrons. The van der Waals surface area contributed by atoms with Gasteiger partial charge in [-0.25, -0.2) is 23.9 Å². The highest BCUT2D eigenvalue weighted by Crippen LogP contribution is 2.40. The van der Waals surface area contributed by atoms with Gasteiger partial charge in [0.25, 0.3) is 0 Å². The number of anilines is 1. The van der Waals surface area contributed by atoms with Crippen LogP contribution in [0.1, 0.15) is 26.9 Å². The molecule has 1 aliphatic heterocycles. The zero-order chi connectivity index (χ0) is 25.9. The Labute approximate surface area is 198 Å². The number of aromatic carboxylic acids is 1. The van der Waals surface area contributed by atoms with Crippen molar-refractivity contribution in [1.29, 1.82) is 0 Å². The first-order chi connectivity index (χ1) is 16.4. The summed E-state index contributed by atoms with van der Waals surface area (Å²) in [6, 6.07) is 3.89. The number of hydrogen-bond donors (Lipinski definition) is 5. The summed E-state index contributed by atoms with van der Waals surface area (Å²) in [5.41, 5.74) is 1.48. The molecule has 0 unspecified atom stereocenters. The molecule has 0 spiro atoms. The fourth-order valence-electron chi connectivity index (χ4n) is 3.17. The number of carboxylic acids is 2. The van der Waals surface area contributed by atoms with E-state index in [1.807, 2.05) is 0 Å². The first-order valence-corrected chi connectivity index (χ1v) is 10.8. The van der Waals surface area contributed by atoms with E-state index in [2.05, 4.69) is 15.3 Å². The van der Waals surface area contributed by atoms with Gasteiger partial charge in [0.2, 0.25) is 0 Å². The number of benzene rings is 1. The van der Waals surface area contributed by atoms with Crippen LogP contribution in [0.3, 0.4) is 0 Å². The van der Waals surface area contributed by atoms with Gasteiger partial charge in [-0.15, -0.1) is 11.8 Å². The normalized spacial score (nSPS) is 19.8. The summed E-state index contributed by atoms with van der Waals surface area (Å²) in [6.45, 7) is 0.231. The van der Waals surface area contributed by atoms with E-state index >= 15 is 0 Å². The van der Waals surface area contributed by atoms with E-state index < -0.39 is 36.1 Å². The lowest BCUT2D eigenvalue weighted by molar-refractivity contribution is -0.192. The number of aliphatic hydroxyl groups is 2. The molecule has 1 saturated heterocycles. The SMILES string of the molecule is O=C(O)C(F)(F)F.O=C(O)c1cc(CNc2nccn3c([C@@H]4SC[C@@H](O)[C@H]4O)cnc23)ccc1F. The van der Waals surface area contributed by atoms with E-state index in [9.17, 15) is 32.6 Å². The summed E-state index contributed by atoms with van der Waals surface area (Å²) in [4.78, 5) is 28.6. The van der Waals surface area contributed by atoms with Gasteiger partial charge in [0.1, 0.15) is 5.82 Å². The molecule has 0 amide bonds. The number of hydrogen-bond acceptors (Lipinski definition) is 8. The van der Waals surface area contributed by atoms with Crippen molar-refractivity contribution in [3.05, 3.63) is 59.4 Å². The number of aliphatic carboxylic acids is 1. The summed E-state index contributed by atoms with van der Waals surface area (Å²) in [7, 11) is 0. The first-order valence-electron chi connectivity index (χ1n) is 9.75. The second kappa shape index (κ2) is 10.5. The minimum atomic E-state index is -5.08. The summed E-state index contributed by atoms with van der Waals surface area (Å²) in [6.07, 6.45) is -1.79. The Bertz CT molecular complexity index is 1240. The summed E-state index contributed by atoms with van der Waals surface area (Å²) < 4.78 is 47.1. The van der Waals surface area contributed by atoms with Crippen LogP contribution >= 0.6 is 11.8 Å². The number of carboxylic acid groups (broad SMARTS) is 2. The number of halogens is 4. The number of nitrogens with one attached hydrogen (secondary N) is 1. The maximum atomic E-state index is 13.5. The van der Waals surface area contributed by atoms with Gasteiger partial charge < -0.3 is 25.7 Å². The highest BCUT2D eigenvalue weighted by molar-refractivity contribution is 7.99. The van der Waals surface area contributed by atoms with Crippen molar-refractivity contribution >= 4 is 35.2 Å². The minimum Gasteiger partial charge on any atom is -0.478 e. The second-order valence-corrected chi connectivity index (χ2v) is 8.41. The Morgan fingerprint density at radius 2 is 1.89 bits per heavy atom. The van der Waals surface area contributed by atoms with Crippen LogP contribution in [0, 0.1) is 5.82 Å². The van der Waals surface area contributed by atoms with Crippen LogP contribution in [0.5, 0.6) is 0 Å². The van der Waals surface area contributed by atoms with Crippen molar-refractivity contribution in [3.63, 3.8) is 0 Å². The number of alkyl halides is 3. The molecule has 0 saturated carbocycles. The van der Waals surface area contributed by atoms with Gasteiger partial charge in [0, 0.05) is 24.7 Å². The quantitative estimate of drug-likeness (QED) is 0.318. The van der Waals surface area contributed by atoms with Crippen molar-refractivity contribution in [1.82, 2.24) is 14.4 Å². The molecule has 1 aliphatic rings. The van der Waals surface area contributed by atoms with Crippen LogP contribution in [0.4, 0.5) is 23.4 Å². The number of aliphatic hydroxyl groups excluding tert-OH is 2. The lowest BCUT2D eigenvalue weighted by atomic mass is 10.1. The molecule has 5 N–H and O–H groups in total. The maximum Gasteiger partial charge on any atom is 0.490 e. The topological polar surface area (TPSA) is 157 Å². The zero-order valence-corrected chi connectivity index (χ0v) is 18.3. The predicted octanol–water partition coefficient (Wildman–Crippen LogP) is 2.32. The molecule has 0 bridgehead atoms. The van der Waals surface area contributed by atoms with E-state index in [0.717, 1.165) is 11.8 Å². The number of nitrogens with zero attached hydrogens (tertiary/aromatic N) is 3. The van der Waals surface area contributed by atoms with Gasteiger partial charge in [-0.3, -0.25) is 4.40 Å². The second-order valence-electron chi connectivity index (χ2n) is 7.24. The number of imidazole rings is 1. The van der Waals surface area contributed by atoms with E-state index in [1.54, 1.807) is 23.0 Å². The Hall–Kier alpha value is -3.43. The summed E-state index contributed by atoms with van der Waals surface area (Å²) in [5.74, 6) is -3.96. The summed E-state index contributed by atoms with van der Waals surface area (Å²) >= 11 is 1.46. The fourth-order valence-corrected chi connectivity index (χ4v) is 4.49. The Morgan fingerprint density at radius 3 is 2.46 bits per heavy atom. The van der Waals surface area contributed by atoms with Crippen molar-refractivity contribution < 1.29 is 47.6 Å². The van der Waals surface area contributed by atoms with Crippen LogP contribution in [-0.2, 0) is 11.3 Å². The third-order valence-electron chi connectivity index (χ3n) is 4.86. The molecule has 4 rings (SSSR count). The van der Waals surface area contributed by atoms with Gasteiger partial charge in [0.15, 0.2) is 11.5 Å². The fraction of sp³-hybridized carbons (Fsp3) is 0.300. The highest BCUT2D eigenvalue weighted by atomic mass is 32.2. The van der Waals surface area contributed by atoms with E-state index in [1.165, 1.54) is 23.9 Å². The highest BCUT2D eigenvalue weighted by Gasteiger charge is 2.38. The van der Waals surface area contributed by atoms with Crippen molar-refractivity contribution in [2.24, 2.45) is 0 Å². The smallest absolute Gasteiger partial charge is 0.478 e. The zero-order valence-electron chi connectivity index (χ0n) is 17.5. The number of rotatable bonds is 5. The molecule has 2 aromatic heterocycles. The van der Waals surface area contributed by atoms with Crippen LogP contribution in [-0.4, -0.2) is 70.9 Å². The molecule has 3 aromatic rings. The average molecular weight is 518 g/mol. The van der Waals surface area contributed by atoms with Gasteiger partial charge in [-0.05, 0) is 17.7 Å². The molecule has 188 valence electrons. The monoisotopic (exact) mass is 518 g/mol. The van der Waals surface area contributed by atoms with Crippen LogP contribution < -0.4 is 5.32 Å². The van der Waals surface area contributed by atoms with E-state index in [4.69, 9.17) is 15.0 Å². The van der Waals surface area contributed by atoms with Gasteiger partial charge in [-0.1, -0.05) is 6.07 Å². The molecular formula is C20H18F4N4O6S. The van der Waals surface area contributed by atoms with Gasteiger partial charge in [0.05, 0.1) is 34.9 Å². The predicted molar refractivity (Wildman–Crippen MR) is 115 cm³/mol. The largest absolute Gasteiger partial charge is 0.490 e. The third kappa shape index (κ3) is 5.98. The van der Waals surface area contributed by atoms with Crippen LogP contribution in [0.2, 0.25) is 0 Å². The third-order valence-corrected chi connectivity index (χ3v) is 6.28. The number of aromatic nitrogens is 3. The van der Waals surface area contributed by atoms with Crippen molar-refractivity contribution in [2.45, 2.75) is 30.2 Å². The van der Waals surface area contributed by atoms with Crippen LogP contribution in [0.25, 0.3) is 5.65 Å².